The van der Waals surface area contributed by atoms with Crippen molar-refractivity contribution >= 4 is 34.4 Å². The summed E-state index contributed by atoms with van der Waals surface area (Å²) in [6.07, 6.45) is 0. The van der Waals surface area contributed by atoms with Gasteiger partial charge in [-0.1, -0.05) is 55.4 Å². The second-order valence-corrected chi connectivity index (χ2v) is 6.88. The highest BCUT2D eigenvalue weighted by atomic mass is 35.5. The van der Waals surface area contributed by atoms with Gasteiger partial charge >= 0.3 is 0 Å². The molecule has 1 amide bonds. The minimum Gasteiger partial charge on any atom is -0.304 e. The fourth-order valence-corrected chi connectivity index (χ4v) is 2.98. The number of halogens is 1. The standard InChI is InChI=1S/C14H17ClN2OS/c1-9(2)14(3)12(18)17-13(19-14)16-8-10-6-4-5-7-11(10)15/h4-7,9H,8H2,1-3H3,(H,16,17,18). The molecule has 2 rings (SSSR count). The lowest BCUT2D eigenvalue weighted by atomic mass is 9.96. The Labute approximate surface area is 122 Å². The number of hydrogen-bond donors (Lipinski definition) is 1. The van der Waals surface area contributed by atoms with Crippen molar-refractivity contribution in [2.75, 3.05) is 0 Å². The Bertz CT molecular complexity index is 530. The van der Waals surface area contributed by atoms with E-state index in [0.717, 1.165) is 5.56 Å². The first-order chi connectivity index (χ1) is 8.93. The second kappa shape index (κ2) is 5.55. The number of nitrogens with one attached hydrogen (secondary N) is 1. The van der Waals surface area contributed by atoms with Crippen molar-refractivity contribution in [3.63, 3.8) is 0 Å². The highest BCUT2D eigenvalue weighted by Crippen LogP contribution is 2.38. The number of hydrogen-bond acceptors (Lipinski definition) is 3. The summed E-state index contributed by atoms with van der Waals surface area (Å²) in [5, 5.41) is 4.23. The van der Waals surface area contributed by atoms with E-state index >= 15 is 0 Å². The average molecular weight is 297 g/mol. The zero-order valence-corrected chi connectivity index (χ0v) is 12.8. The Balaban J connectivity index is 2.11. The van der Waals surface area contributed by atoms with Crippen LogP contribution in [0.25, 0.3) is 0 Å². The van der Waals surface area contributed by atoms with Crippen LogP contribution in [-0.4, -0.2) is 15.8 Å². The van der Waals surface area contributed by atoms with Crippen molar-refractivity contribution in [3.8, 4) is 0 Å². The zero-order valence-electron chi connectivity index (χ0n) is 11.2. The van der Waals surface area contributed by atoms with Gasteiger partial charge in [-0.3, -0.25) is 9.79 Å². The molecular weight excluding hydrogens is 280 g/mol. The van der Waals surface area contributed by atoms with Gasteiger partial charge in [-0.2, -0.15) is 0 Å². The lowest BCUT2D eigenvalue weighted by Crippen LogP contribution is -2.38. The van der Waals surface area contributed by atoms with Crippen LogP contribution in [0.4, 0.5) is 0 Å². The Morgan fingerprint density at radius 1 is 1.42 bits per heavy atom. The monoisotopic (exact) mass is 296 g/mol. The molecule has 0 aromatic heterocycles. The molecular formula is C14H17ClN2OS. The topological polar surface area (TPSA) is 41.5 Å². The van der Waals surface area contributed by atoms with E-state index in [4.69, 9.17) is 11.6 Å². The minimum atomic E-state index is -0.431. The number of carbonyl (C=O) groups excluding carboxylic acids is 1. The van der Waals surface area contributed by atoms with Crippen molar-refractivity contribution < 1.29 is 4.79 Å². The highest BCUT2D eigenvalue weighted by Gasteiger charge is 2.44. The van der Waals surface area contributed by atoms with Crippen LogP contribution in [0.3, 0.4) is 0 Å². The fourth-order valence-electron chi connectivity index (χ4n) is 1.73. The molecule has 1 atom stereocenters. The van der Waals surface area contributed by atoms with Gasteiger partial charge in [0.1, 0.15) is 4.75 Å². The summed E-state index contributed by atoms with van der Waals surface area (Å²) in [6.45, 7) is 6.53. The van der Waals surface area contributed by atoms with E-state index in [1.54, 1.807) is 0 Å². The smallest absolute Gasteiger partial charge is 0.242 e. The maximum absolute atomic E-state index is 12.0. The van der Waals surface area contributed by atoms with Crippen LogP contribution in [0.2, 0.25) is 5.02 Å². The third kappa shape index (κ3) is 2.95. The van der Waals surface area contributed by atoms with Crippen LogP contribution in [0, 0.1) is 5.92 Å². The van der Waals surface area contributed by atoms with E-state index in [1.165, 1.54) is 11.8 Å². The summed E-state index contributed by atoms with van der Waals surface area (Å²) in [6, 6.07) is 7.60. The molecule has 19 heavy (non-hydrogen) atoms. The van der Waals surface area contributed by atoms with Gasteiger partial charge in [-0.05, 0) is 24.5 Å². The van der Waals surface area contributed by atoms with Crippen molar-refractivity contribution in [2.45, 2.75) is 32.1 Å². The third-order valence-electron chi connectivity index (χ3n) is 3.43. The highest BCUT2D eigenvalue weighted by molar-refractivity contribution is 8.16. The first-order valence-corrected chi connectivity index (χ1v) is 7.41. The van der Waals surface area contributed by atoms with E-state index in [9.17, 15) is 4.79 Å². The van der Waals surface area contributed by atoms with Gasteiger partial charge in [-0.25, -0.2) is 0 Å². The number of rotatable bonds is 3. The van der Waals surface area contributed by atoms with Crippen LogP contribution in [0.5, 0.6) is 0 Å². The summed E-state index contributed by atoms with van der Waals surface area (Å²) in [5.41, 5.74) is 0.963. The lowest BCUT2D eigenvalue weighted by molar-refractivity contribution is -0.122. The third-order valence-corrected chi connectivity index (χ3v) is 5.31. The molecule has 0 spiro atoms. The Kier molecular flexibility index (Phi) is 4.21. The number of thioether (sulfide) groups is 1. The number of amidine groups is 1. The summed E-state index contributed by atoms with van der Waals surface area (Å²) >= 11 is 7.58. The lowest BCUT2D eigenvalue weighted by Gasteiger charge is -2.22. The number of amides is 1. The first-order valence-electron chi connectivity index (χ1n) is 6.22. The Hall–Kier alpha value is -1.00. The average Bonchev–Trinajstić information content (AvgIpc) is 2.65. The van der Waals surface area contributed by atoms with E-state index in [2.05, 4.69) is 10.3 Å². The predicted molar refractivity (Wildman–Crippen MR) is 81.6 cm³/mol. The number of aliphatic imine (C=N–C) groups is 1. The molecule has 1 aromatic carbocycles. The van der Waals surface area contributed by atoms with E-state index in [1.807, 2.05) is 45.0 Å². The Morgan fingerprint density at radius 2 is 2.11 bits per heavy atom. The Morgan fingerprint density at radius 3 is 2.68 bits per heavy atom. The molecule has 1 unspecified atom stereocenters. The number of carbonyl (C=O) groups is 1. The molecule has 0 bridgehead atoms. The fraction of sp³-hybridized carbons (Fsp3) is 0.429. The van der Waals surface area contributed by atoms with Gasteiger partial charge in [0, 0.05) is 5.02 Å². The minimum absolute atomic E-state index is 0.0328. The van der Waals surface area contributed by atoms with Gasteiger partial charge in [-0.15, -0.1) is 0 Å². The van der Waals surface area contributed by atoms with Crippen LogP contribution in [0.15, 0.2) is 29.3 Å². The normalized spacial score (nSPS) is 25.1. The molecule has 5 heteroatoms. The van der Waals surface area contributed by atoms with Gasteiger partial charge in [0.05, 0.1) is 6.54 Å². The van der Waals surface area contributed by atoms with Crippen molar-refractivity contribution in [1.29, 1.82) is 0 Å². The molecule has 1 aromatic rings. The first kappa shape index (κ1) is 14.4. The largest absolute Gasteiger partial charge is 0.304 e. The quantitative estimate of drug-likeness (QED) is 0.928. The number of nitrogens with zero attached hydrogens (tertiary/aromatic N) is 1. The van der Waals surface area contributed by atoms with Crippen LogP contribution in [0.1, 0.15) is 26.3 Å². The molecule has 3 nitrogen and oxygen atoms in total. The molecule has 1 fully saturated rings. The van der Waals surface area contributed by atoms with Crippen LogP contribution < -0.4 is 5.32 Å². The SMILES string of the molecule is CC(C)C1(C)SC(=NCc2ccccc2Cl)NC1=O. The molecule has 1 aliphatic heterocycles. The van der Waals surface area contributed by atoms with Gasteiger partial charge in [0.15, 0.2) is 5.17 Å². The predicted octanol–water partition coefficient (Wildman–Crippen LogP) is 3.47. The molecule has 102 valence electrons. The van der Waals surface area contributed by atoms with Crippen molar-refractivity contribution in [3.05, 3.63) is 34.9 Å². The summed E-state index contributed by atoms with van der Waals surface area (Å²) < 4.78 is -0.431. The maximum atomic E-state index is 12.0. The summed E-state index contributed by atoms with van der Waals surface area (Å²) in [4.78, 5) is 16.4. The molecule has 1 N–H and O–H groups in total. The number of benzene rings is 1. The van der Waals surface area contributed by atoms with Gasteiger partial charge in [0.25, 0.3) is 0 Å². The van der Waals surface area contributed by atoms with Crippen LogP contribution >= 0.6 is 23.4 Å². The molecule has 0 saturated carbocycles. The van der Waals surface area contributed by atoms with E-state index in [0.29, 0.717) is 16.7 Å². The van der Waals surface area contributed by atoms with E-state index in [-0.39, 0.29) is 11.8 Å². The molecule has 1 heterocycles. The molecule has 0 aliphatic carbocycles. The molecule has 0 radical (unpaired) electrons. The van der Waals surface area contributed by atoms with Gasteiger partial charge in [0.2, 0.25) is 5.91 Å². The molecule has 1 aliphatic rings. The van der Waals surface area contributed by atoms with Crippen molar-refractivity contribution in [2.24, 2.45) is 10.9 Å². The van der Waals surface area contributed by atoms with E-state index < -0.39 is 4.75 Å². The zero-order chi connectivity index (χ0) is 14.0. The van der Waals surface area contributed by atoms with Crippen LogP contribution in [-0.2, 0) is 11.3 Å². The second-order valence-electron chi connectivity index (χ2n) is 5.03. The van der Waals surface area contributed by atoms with Crippen molar-refractivity contribution in [1.82, 2.24) is 5.32 Å². The van der Waals surface area contributed by atoms with Gasteiger partial charge < -0.3 is 5.32 Å². The maximum Gasteiger partial charge on any atom is 0.242 e. The summed E-state index contributed by atoms with van der Waals surface area (Å²) in [5.74, 6) is 0.288. The molecule has 1 saturated heterocycles. The summed E-state index contributed by atoms with van der Waals surface area (Å²) in [7, 11) is 0.